The molecular formula is C13H19BrFNO2. The van der Waals surface area contributed by atoms with E-state index in [-0.39, 0.29) is 5.82 Å². The molecule has 0 aliphatic heterocycles. The first kappa shape index (κ1) is 15.6. The van der Waals surface area contributed by atoms with Crippen molar-refractivity contribution in [2.24, 2.45) is 0 Å². The maximum Gasteiger partial charge on any atom is 0.128 e. The van der Waals surface area contributed by atoms with Gasteiger partial charge in [-0.25, -0.2) is 4.39 Å². The van der Waals surface area contributed by atoms with E-state index < -0.39 is 5.60 Å². The molecule has 0 fully saturated rings. The van der Waals surface area contributed by atoms with Crippen molar-refractivity contribution >= 4 is 15.9 Å². The van der Waals surface area contributed by atoms with Crippen LogP contribution in [0.25, 0.3) is 0 Å². The molecule has 0 aliphatic rings. The molecule has 5 heteroatoms. The topological polar surface area (TPSA) is 41.5 Å². The van der Waals surface area contributed by atoms with Crippen molar-refractivity contribution < 1.29 is 14.2 Å². The molecule has 18 heavy (non-hydrogen) atoms. The Labute approximate surface area is 115 Å². The molecule has 1 atom stereocenters. The number of aliphatic hydroxyl groups is 1. The second-order valence-corrected chi connectivity index (χ2v) is 5.49. The summed E-state index contributed by atoms with van der Waals surface area (Å²) >= 11 is 3.21. The number of nitrogens with one attached hydrogen (secondary N) is 1. The predicted octanol–water partition coefficient (Wildman–Crippen LogP) is 2.47. The van der Waals surface area contributed by atoms with Crippen LogP contribution in [0.4, 0.5) is 4.39 Å². The van der Waals surface area contributed by atoms with E-state index in [1.54, 1.807) is 26.2 Å². The van der Waals surface area contributed by atoms with Crippen molar-refractivity contribution in [1.82, 2.24) is 5.32 Å². The third kappa shape index (κ3) is 5.44. The molecule has 1 aromatic carbocycles. The highest BCUT2D eigenvalue weighted by molar-refractivity contribution is 9.10. The third-order valence-electron chi connectivity index (χ3n) is 2.68. The van der Waals surface area contributed by atoms with Gasteiger partial charge in [0, 0.05) is 43.3 Å². The zero-order valence-corrected chi connectivity index (χ0v) is 12.3. The molecule has 102 valence electrons. The number of benzene rings is 1. The molecule has 1 rings (SSSR count). The summed E-state index contributed by atoms with van der Waals surface area (Å²) in [5.74, 6) is -0.256. The lowest BCUT2D eigenvalue weighted by Crippen LogP contribution is -2.38. The first-order chi connectivity index (χ1) is 8.44. The van der Waals surface area contributed by atoms with E-state index in [1.807, 2.05) is 0 Å². The van der Waals surface area contributed by atoms with Crippen LogP contribution in [0.3, 0.4) is 0 Å². The normalized spacial score (nSPS) is 14.5. The van der Waals surface area contributed by atoms with Crippen molar-refractivity contribution in [2.75, 3.05) is 20.3 Å². The fourth-order valence-corrected chi connectivity index (χ4v) is 1.87. The highest BCUT2D eigenvalue weighted by atomic mass is 79.9. The van der Waals surface area contributed by atoms with Crippen molar-refractivity contribution in [2.45, 2.75) is 25.5 Å². The summed E-state index contributed by atoms with van der Waals surface area (Å²) < 4.78 is 19.2. The molecule has 2 N–H and O–H groups in total. The van der Waals surface area contributed by atoms with Crippen molar-refractivity contribution in [1.29, 1.82) is 0 Å². The second-order valence-electron chi connectivity index (χ2n) is 4.58. The van der Waals surface area contributed by atoms with Crippen molar-refractivity contribution in [3.63, 3.8) is 0 Å². The van der Waals surface area contributed by atoms with Crippen LogP contribution in [-0.4, -0.2) is 31.0 Å². The molecule has 1 unspecified atom stereocenters. The molecule has 0 spiro atoms. The van der Waals surface area contributed by atoms with Crippen LogP contribution < -0.4 is 5.32 Å². The summed E-state index contributed by atoms with van der Waals surface area (Å²) in [6.07, 6.45) is 0.541. The molecular weight excluding hydrogens is 301 g/mol. The van der Waals surface area contributed by atoms with Crippen molar-refractivity contribution in [3.05, 3.63) is 34.1 Å². The van der Waals surface area contributed by atoms with Gasteiger partial charge in [-0.1, -0.05) is 22.0 Å². The standard InChI is InChI=1S/C13H19BrFNO2/c1-13(17,5-6-18-2)9-16-8-10-3-4-11(14)7-12(10)15/h3-4,7,16-17H,5-6,8-9H2,1-2H3. The highest BCUT2D eigenvalue weighted by Gasteiger charge is 2.19. The Morgan fingerprint density at radius 1 is 1.50 bits per heavy atom. The monoisotopic (exact) mass is 319 g/mol. The van der Waals surface area contributed by atoms with Crippen LogP contribution in [0, 0.1) is 5.82 Å². The lowest BCUT2D eigenvalue weighted by atomic mass is 10.0. The smallest absolute Gasteiger partial charge is 0.128 e. The minimum atomic E-state index is -0.845. The first-order valence-electron chi connectivity index (χ1n) is 5.80. The molecule has 0 amide bonds. The van der Waals surface area contributed by atoms with Gasteiger partial charge in [0.25, 0.3) is 0 Å². The highest BCUT2D eigenvalue weighted by Crippen LogP contribution is 2.15. The summed E-state index contributed by atoms with van der Waals surface area (Å²) in [5.41, 5.74) is -0.261. The fraction of sp³-hybridized carbons (Fsp3) is 0.538. The lowest BCUT2D eigenvalue weighted by Gasteiger charge is -2.23. The minimum absolute atomic E-state index is 0.256. The Balaban J connectivity index is 2.41. The van der Waals surface area contributed by atoms with Gasteiger partial charge in [0.1, 0.15) is 5.82 Å². The van der Waals surface area contributed by atoms with E-state index in [2.05, 4.69) is 21.2 Å². The maximum absolute atomic E-state index is 13.5. The largest absolute Gasteiger partial charge is 0.389 e. The Bertz CT molecular complexity index is 385. The summed E-state index contributed by atoms with van der Waals surface area (Å²) in [5, 5.41) is 13.0. The van der Waals surface area contributed by atoms with Crippen LogP contribution in [-0.2, 0) is 11.3 Å². The number of methoxy groups -OCH3 is 1. The molecule has 0 heterocycles. The van der Waals surface area contributed by atoms with Gasteiger partial charge in [0.2, 0.25) is 0 Å². The Hall–Kier alpha value is -0.490. The van der Waals surface area contributed by atoms with Gasteiger partial charge in [-0.3, -0.25) is 0 Å². The van der Waals surface area contributed by atoms with E-state index in [9.17, 15) is 9.50 Å². The summed E-state index contributed by atoms with van der Waals surface area (Å²) in [7, 11) is 1.60. The predicted molar refractivity (Wildman–Crippen MR) is 72.9 cm³/mol. The zero-order chi connectivity index (χ0) is 13.6. The Morgan fingerprint density at radius 3 is 2.83 bits per heavy atom. The Morgan fingerprint density at radius 2 is 2.22 bits per heavy atom. The van der Waals surface area contributed by atoms with Crippen LogP contribution >= 0.6 is 15.9 Å². The van der Waals surface area contributed by atoms with Crippen molar-refractivity contribution in [3.8, 4) is 0 Å². The molecule has 0 radical (unpaired) electrons. The first-order valence-corrected chi connectivity index (χ1v) is 6.60. The van der Waals surface area contributed by atoms with Crippen LogP contribution in [0.15, 0.2) is 22.7 Å². The van der Waals surface area contributed by atoms with E-state index in [0.717, 1.165) is 4.47 Å². The molecule has 0 aliphatic carbocycles. The average Bonchev–Trinajstić information content (AvgIpc) is 2.29. The number of rotatable bonds is 7. The van der Waals surface area contributed by atoms with Crippen LogP contribution in [0.5, 0.6) is 0 Å². The fourth-order valence-electron chi connectivity index (χ4n) is 1.54. The number of ether oxygens (including phenoxy) is 1. The molecule has 3 nitrogen and oxygen atoms in total. The van der Waals surface area contributed by atoms with Crippen LogP contribution in [0.1, 0.15) is 18.9 Å². The second kappa shape index (κ2) is 7.19. The Kier molecular flexibility index (Phi) is 6.21. The van der Waals surface area contributed by atoms with Gasteiger partial charge in [-0.15, -0.1) is 0 Å². The van der Waals surface area contributed by atoms with Crippen LogP contribution in [0.2, 0.25) is 0 Å². The zero-order valence-electron chi connectivity index (χ0n) is 10.7. The lowest BCUT2D eigenvalue weighted by molar-refractivity contribution is 0.0247. The number of hydrogen-bond donors (Lipinski definition) is 2. The molecule has 1 aromatic rings. The average molecular weight is 320 g/mol. The number of hydrogen-bond acceptors (Lipinski definition) is 3. The summed E-state index contributed by atoms with van der Waals surface area (Å²) in [4.78, 5) is 0. The van der Waals surface area contributed by atoms with E-state index >= 15 is 0 Å². The van der Waals surface area contributed by atoms with Gasteiger partial charge in [0.15, 0.2) is 0 Å². The van der Waals surface area contributed by atoms with E-state index in [1.165, 1.54) is 6.07 Å². The summed E-state index contributed by atoms with van der Waals surface area (Å²) in [6, 6.07) is 4.94. The molecule has 0 saturated carbocycles. The SMILES string of the molecule is COCCC(C)(O)CNCc1ccc(Br)cc1F. The van der Waals surface area contributed by atoms with Gasteiger partial charge in [-0.05, 0) is 19.1 Å². The third-order valence-corrected chi connectivity index (χ3v) is 3.17. The van der Waals surface area contributed by atoms with Gasteiger partial charge in [0.05, 0.1) is 5.60 Å². The van der Waals surface area contributed by atoms with E-state index in [4.69, 9.17) is 4.74 Å². The van der Waals surface area contributed by atoms with E-state index in [0.29, 0.717) is 31.7 Å². The number of halogens is 2. The minimum Gasteiger partial charge on any atom is -0.389 e. The summed E-state index contributed by atoms with van der Waals surface area (Å²) in [6.45, 7) is 3.02. The molecule has 0 bridgehead atoms. The molecule has 0 aromatic heterocycles. The van der Waals surface area contributed by atoms with Gasteiger partial charge < -0.3 is 15.2 Å². The molecule has 0 saturated heterocycles. The van der Waals surface area contributed by atoms with Gasteiger partial charge >= 0.3 is 0 Å². The quantitative estimate of drug-likeness (QED) is 0.811. The maximum atomic E-state index is 13.5. The van der Waals surface area contributed by atoms with Gasteiger partial charge in [-0.2, -0.15) is 0 Å².